The minimum Gasteiger partial charge on any atom is -0.353 e. The molecule has 0 aliphatic carbocycles. The van der Waals surface area contributed by atoms with Crippen LogP contribution in [0.15, 0.2) is 48.5 Å². The molecule has 0 spiro atoms. The van der Waals surface area contributed by atoms with E-state index in [2.05, 4.69) is 45.2 Å². The molecule has 2 aromatic carbocycles. The standard InChI is InChI=1S/C26H28N6O/c1-19-22(17-27)26(29(2)28-19)31-15-13-30(14-16-31)18-25(33)32-23-9-5-3-7-20(23)11-12-21-8-4-6-10-24(21)32/h3-10H,11-16,18H2,1-2H3. The third-order valence-corrected chi connectivity index (χ3v) is 6.71. The maximum absolute atomic E-state index is 13.7. The Hall–Kier alpha value is -3.63. The first-order valence-corrected chi connectivity index (χ1v) is 11.5. The number of anilines is 3. The summed E-state index contributed by atoms with van der Waals surface area (Å²) in [6, 6.07) is 18.8. The number of amides is 1. The lowest BCUT2D eigenvalue weighted by Gasteiger charge is -2.36. The van der Waals surface area contributed by atoms with Gasteiger partial charge in [0.15, 0.2) is 0 Å². The number of fused-ring (bicyclic) bond motifs is 2. The Morgan fingerprint density at radius 2 is 1.55 bits per heavy atom. The number of aryl methyl sites for hydroxylation is 4. The average molecular weight is 441 g/mol. The Bertz CT molecular complexity index is 1180. The summed E-state index contributed by atoms with van der Waals surface area (Å²) in [5.74, 6) is 0.968. The number of carbonyl (C=O) groups is 1. The van der Waals surface area contributed by atoms with Crippen molar-refractivity contribution in [2.75, 3.05) is 42.5 Å². The predicted octanol–water partition coefficient (Wildman–Crippen LogP) is 3.19. The van der Waals surface area contributed by atoms with E-state index < -0.39 is 0 Å². The molecule has 0 bridgehead atoms. The molecule has 0 radical (unpaired) electrons. The van der Waals surface area contributed by atoms with Crippen LogP contribution in [0.1, 0.15) is 22.4 Å². The van der Waals surface area contributed by atoms with Gasteiger partial charge in [-0.25, -0.2) is 0 Å². The van der Waals surface area contributed by atoms with Gasteiger partial charge in [-0.15, -0.1) is 0 Å². The second-order valence-corrected chi connectivity index (χ2v) is 8.77. The Morgan fingerprint density at radius 3 is 2.12 bits per heavy atom. The highest BCUT2D eigenvalue weighted by atomic mass is 16.2. The van der Waals surface area contributed by atoms with Crippen molar-refractivity contribution in [3.8, 4) is 6.07 Å². The summed E-state index contributed by atoms with van der Waals surface area (Å²) in [7, 11) is 1.88. The van der Waals surface area contributed by atoms with Crippen LogP contribution in [0, 0.1) is 18.3 Å². The molecule has 3 heterocycles. The molecule has 2 aliphatic rings. The first kappa shape index (κ1) is 21.2. The normalized spacial score (nSPS) is 16.0. The van der Waals surface area contributed by atoms with E-state index in [1.165, 1.54) is 11.1 Å². The Kier molecular flexibility index (Phi) is 5.61. The highest BCUT2D eigenvalue weighted by Crippen LogP contribution is 2.36. The van der Waals surface area contributed by atoms with Gasteiger partial charge >= 0.3 is 0 Å². The average Bonchev–Trinajstić information content (AvgIpc) is 3.01. The molecule has 2 aliphatic heterocycles. The summed E-state index contributed by atoms with van der Waals surface area (Å²) in [5, 5.41) is 14.0. The van der Waals surface area contributed by atoms with E-state index >= 15 is 0 Å². The van der Waals surface area contributed by atoms with Gasteiger partial charge in [0, 0.05) is 33.2 Å². The number of carbonyl (C=O) groups excluding carboxylic acids is 1. The molecule has 0 saturated carbocycles. The van der Waals surface area contributed by atoms with E-state index in [0.717, 1.165) is 61.9 Å². The lowest BCUT2D eigenvalue weighted by molar-refractivity contribution is -0.119. The number of nitriles is 1. The van der Waals surface area contributed by atoms with Gasteiger partial charge in [0.25, 0.3) is 0 Å². The molecule has 0 N–H and O–H groups in total. The first-order valence-electron chi connectivity index (χ1n) is 11.5. The fourth-order valence-corrected chi connectivity index (χ4v) is 5.07. The highest BCUT2D eigenvalue weighted by molar-refractivity contribution is 6.03. The van der Waals surface area contributed by atoms with Gasteiger partial charge in [-0.1, -0.05) is 36.4 Å². The van der Waals surface area contributed by atoms with Crippen LogP contribution in [0.5, 0.6) is 0 Å². The van der Waals surface area contributed by atoms with E-state index in [-0.39, 0.29) is 5.91 Å². The summed E-state index contributed by atoms with van der Waals surface area (Å²) in [6.07, 6.45) is 1.86. The second kappa shape index (κ2) is 8.72. The van der Waals surface area contributed by atoms with Gasteiger partial charge in [-0.2, -0.15) is 10.4 Å². The number of hydrogen-bond donors (Lipinski definition) is 0. The molecule has 7 heteroatoms. The van der Waals surface area contributed by atoms with Crippen LogP contribution in [0.3, 0.4) is 0 Å². The minimum atomic E-state index is 0.0966. The third-order valence-electron chi connectivity index (χ3n) is 6.71. The van der Waals surface area contributed by atoms with Crippen LogP contribution in [-0.4, -0.2) is 53.3 Å². The maximum Gasteiger partial charge on any atom is 0.245 e. The topological polar surface area (TPSA) is 68.4 Å². The van der Waals surface area contributed by atoms with Gasteiger partial charge < -0.3 is 4.90 Å². The molecule has 1 saturated heterocycles. The van der Waals surface area contributed by atoms with Crippen LogP contribution in [0.4, 0.5) is 17.2 Å². The van der Waals surface area contributed by atoms with Crippen molar-refractivity contribution in [1.29, 1.82) is 5.26 Å². The molecule has 3 aromatic rings. The van der Waals surface area contributed by atoms with Crippen molar-refractivity contribution < 1.29 is 4.79 Å². The third kappa shape index (κ3) is 3.87. The monoisotopic (exact) mass is 440 g/mol. The van der Waals surface area contributed by atoms with Gasteiger partial charge in [0.05, 0.1) is 23.6 Å². The predicted molar refractivity (Wildman–Crippen MR) is 129 cm³/mol. The Balaban J connectivity index is 1.34. The maximum atomic E-state index is 13.7. The summed E-state index contributed by atoms with van der Waals surface area (Å²) < 4.78 is 1.79. The number of para-hydroxylation sites is 2. The molecule has 0 atom stereocenters. The lowest BCUT2D eigenvalue weighted by atomic mass is 10.0. The number of hydrogen-bond acceptors (Lipinski definition) is 5. The first-order chi connectivity index (χ1) is 16.1. The van der Waals surface area contributed by atoms with E-state index in [1.807, 2.05) is 43.1 Å². The fourth-order valence-electron chi connectivity index (χ4n) is 5.07. The van der Waals surface area contributed by atoms with Crippen molar-refractivity contribution in [3.63, 3.8) is 0 Å². The zero-order valence-electron chi connectivity index (χ0n) is 19.2. The van der Waals surface area contributed by atoms with Crippen LogP contribution >= 0.6 is 0 Å². The van der Waals surface area contributed by atoms with Crippen molar-refractivity contribution in [2.24, 2.45) is 7.05 Å². The second-order valence-electron chi connectivity index (χ2n) is 8.77. The number of piperazine rings is 1. The summed E-state index contributed by atoms with van der Waals surface area (Å²) >= 11 is 0. The van der Waals surface area contributed by atoms with Gasteiger partial charge in [-0.05, 0) is 43.0 Å². The molecule has 1 aromatic heterocycles. The van der Waals surface area contributed by atoms with E-state index in [1.54, 1.807) is 4.68 Å². The smallest absolute Gasteiger partial charge is 0.245 e. The van der Waals surface area contributed by atoms with Crippen molar-refractivity contribution in [1.82, 2.24) is 14.7 Å². The molecule has 168 valence electrons. The zero-order valence-corrected chi connectivity index (χ0v) is 19.2. The number of benzene rings is 2. The summed E-state index contributed by atoms with van der Waals surface area (Å²) in [4.78, 5) is 20.0. The fraction of sp³-hybridized carbons (Fsp3) is 0.346. The molecule has 33 heavy (non-hydrogen) atoms. The highest BCUT2D eigenvalue weighted by Gasteiger charge is 2.29. The van der Waals surface area contributed by atoms with Crippen LogP contribution < -0.4 is 9.80 Å². The Labute approximate surface area is 194 Å². The molecular weight excluding hydrogens is 412 g/mol. The SMILES string of the molecule is Cc1nn(C)c(N2CCN(CC(=O)N3c4ccccc4CCc4ccccc43)CC2)c1C#N. The van der Waals surface area contributed by atoms with Gasteiger partial charge in [0.2, 0.25) is 5.91 Å². The Morgan fingerprint density at radius 1 is 0.970 bits per heavy atom. The van der Waals surface area contributed by atoms with Crippen LogP contribution in [0.25, 0.3) is 0 Å². The molecular formula is C26H28N6O. The van der Waals surface area contributed by atoms with E-state index in [0.29, 0.717) is 12.1 Å². The zero-order chi connectivity index (χ0) is 22.9. The van der Waals surface area contributed by atoms with Crippen LogP contribution in [-0.2, 0) is 24.7 Å². The summed E-state index contributed by atoms with van der Waals surface area (Å²) in [6.45, 7) is 5.28. The van der Waals surface area contributed by atoms with Gasteiger partial charge in [0.1, 0.15) is 17.5 Å². The minimum absolute atomic E-state index is 0.0966. The van der Waals surface area contributed by atoms with Crippen LogP contribution in [0.2, 0.25) is 0 Å². The number of rotatable bonds is 3. The van der Waals surface area contributed by atoms with Crippen molar-refractivity contribution in [3.05, 3.63) is 70.9 Å². The molecule has 0 unspecified atom stereocenters. The molecule has 5 rings (SSSR count). The number of nitrogens with zero attached hydrogens (tertiary/aromatic N) is 6. The largest absolute Gasteiger partial charge is 0.353 e. The molecule has 1 amide bonds. The van der Waals surface area contributed by atoms with Crippen molar-refractivity contribution in [2.45, 2.75) is 19.8 Å². The summed E-state index contributed by atoms with van der Waals surface area (Å²) in [5.41, 5.74) is 5.81. The van der Waals surface area contributed by atoms with Crippen molar-refractivity contribution >= 4 is 23.1 Å². The van der Waals surface area contributed by atoms with E-state index in [9.17, 15) is 10.1 Å². The molecule has 7 nitrogen and oxygen atoms in total. The lowest BCUT2D eigenvalue weighted by Crippen LogP contribution is -2.50. The molecule has 1 fully saturated rings. The quantitative estimate of drug-likeness (QED) is 0.626. The van der Waals surface area contributed by atoms with Gasteiger partial charge in [-0.3, -0.25) is 19.3 Å². The number of aromatic nitrogens is 2. The van der Waals surface area contributed by atoms with E-state index in [4.69, 9.17) is 0 Å².